The van der Waals surface area contributed by atoms with Gasteiger partial charge in [0.05, 0.1) is 36.1 Å². The normalized spacial score (nSPS) is 24.9. The summed E-state index contributed by atoms with van der Waals surface area (Å²) in [5, 5.41) is 20.2. The standard InChI is InChI=1S/C25H19N3/c26-15-21-22(16-27)25-20-12-6-4-10-18(20)14-19-11-5-7-13-23(19)28(25)24(21)17-8-2-1-3-9-17/h1-13,21-22,24-25H,14H2/t21-,22-,24-,25+/m1/s1. The van der Waals surface area contributed by atoms with Gasteiger partial charge in [0.2, 0.25) is 0 Å². The first-order chi connectivity index (χ1) is 13.8. The number of nitrogens with zero attached hydrogens (tertiary/aromatic N) is 3. The first-order valence-electron chi connectivity index (χ1n) is 9.61. The molecule has 5 rings (SSSR count). The van der Waals surface area contributed by atoms with Gasteiger partial charge in [0.15, 0.2) is 0 Å². The number of fused-ring (bicyclic) bond motifs is 5. The van der Waals surface area contributed by atoms with Gasteiger partial charge in [0.1, 0.15) is 0 Å². The van der Waals surface area contributed by atoms with E-state index in [4.69, 9.17) is 0 Å². The van der Waals surface area contributed by atoms with Gasteiger partial charge in [-0.1, -0.05) is 72.8 Å². The fraction of sp³-hybridized carbons (Fsp3) is 0.200. The fourth-order valence-electron chi connectivity index (χ4n) is 4.98. The first-order valence-corrected chi connectivity index (χ1v) is 9.61. The summed E-state index contributed by atoms with van der Waals surface area (Å²) < 4.78 is 0. The lowest BCUT2D eigenvalue weighted by Gasteiger charge is -2.33. The highest BCUT2D eigenvalue weighted by Crippen LogP contribution is 2.55. The first kappa shape index (κ1) is 16.6. The van der Waals surface area contributed by atoms with E-state index in [0.717, 1.165) is 17.7 Å². The number of benzene rings is 3. The van der Waals surface area contributed by atoms with E-state index in [1.165, 1.54) is 16.7 Å². The van der Waals surface area contributed by atoms with Crippen LogP contribution in [0.4, 0.5) is 5.69 Å². The maximum Gasteiger partial charge on any atom is 0.0890 e. The molecule has 1 saturated heterocycles. The summed E-state index contributed by atoms with van der Waals surface area (Å²) >= 11 is 0. The smallest absolute Gasteiger partial charge is 0.0890 e. The van der Waals surface area contributed by atoms with E-state index in [0.29, 0.717) is 0 Å². The van der Waals surface area contributed by atoms with Crippen LogP contribution in [0, 0.1) is 34.5 Å². The van der Waals surface area contributed by atoms with Crippen LogP contribution in [-0.4, -0.2) is 0 Å². The van der Waals surface area contributed by atoms with Crippen molar-refractivity contribution in [2.24, 2.45) is 11.8 Å². The molecule has 0 unspecified atom stereocenters. The molecule has 0 bridgehead atoms. The lowest BCUT2D eigenvalue weighted by molar-refractivity contribution is 0.511. The Hall–Kier alpha value is -3.56. The van der Waals surface area contributed by atoms with Crippen LogP contribution in [0.2, 0.25) is 0 Å². The Morgan fingerprint density at radius 1 is 0.679 bits per heavy atom. The molecule has 0 amide bonds. The molecule has 2 aliphatic rings. The molecule has 1 fully saturated rings. The van der Waals surface area contributed by atoms with Crippen molar-refractivity contribution < 1.29 is 0 Å². The second kappa shape index (κ2) is 6.55. The third-order valence-electron chi connectivity index (χ3n) is 6.13. The molecule has 0 aliphatic carbocycles. The second-order valence-corrected chi connectivity index (χ2v) is 7.52. The van der Waals surface area contributed by atoms with Crippen LogP contribution in [0.15, 0.2) is 78.9 Å². The van der Waals surface area contributed by atoms with Crippen molar-refractivity contribution in [3.8, 4) is 12.1 Å². The zero-order valence-electron chi connectivity index (χ0n) is 15.4. The maximum absolute atomic E-state index is 10.1. The monoisotopic (exact) mass is 361 g/mol. The highest BCUT2D eigenvalue weighted by atomic mass is 15.2. The van der Waals surface area contributed by atoms with Crippen LogP contribution in [-0.2, 0) is 6.42 Å². The molecule has 0 saturated carbocycles. The van der Waals surface area contributed by atoms with Gasteiger partial charge in [0.25, 0.3) is 0 Å². The van der Waals surface area contributed by atoms with E-state index in [1.807, 2.05) is 24.3 Å². The van der Waals surface area contributed by atoms with Crippen LogP contribution >= 0.6 is 0 Å². The Morgan fingerprint density at radius 3 is 2.04 bits per heavy atom. The highest BCUT2D eigenvalue weighted by molar-refractivity contribution is 5.64. The highest BCUT2D eigenvalue weighted by Gasteiger charge is 2.52. The summed E-state index contributed by atoms with van der Waals surface area (Å²) in [5.74, 6) is -0.779. The summed E-state index contributed by atoms with van der Waals surface area (Å²) in [7, 11) is 0. The van der Waals surface area contributed by atoms with Gasteiger partial charge in [-0.05, 0) is 34.7 Å². The molecule has 0 aromatic heterocycles. The van der Waals surface area contributed by atoms with Gasteiger partial charge in [-0.3, -0.25) is 0 Å². The second-order valence-electron chi connectivity index (χ2n) is 7.52. The Balaban J connectivity index is 1.82. The van der Waals surface area contributed by atoms with Crippen molar-refractivity contribution in [3.05, 3.63) is 101 Å². The largest absolute Gasteiger partial charge is 0.354 e. The van der Waals surface area contributed by atoms with Crippen molar-refractivity contribution >= 4 is 5.69 Å². The molecular formula is C25H19N3. The van der Waals surface area contributed by atoms with Gasteiger partial charge < -0.3 is 4.90 Å². The molecule has 0 spiro atoms. The molecular weight excluding hydrogens is 342 g/mol. The number of hydrogen-bond acceptors (Lipinski definition) is 3. The fourth-order valence-corrected chi connectivity index (χ4v) is 4.98. The van der Waals surface area contributed by atoms with Crippen LogP contribution in [0.1, 0.15) is 34.3 Å². The van der Waals surface area contributed by atoms with E-state index >= 15 is 0 Å². The maximum atomic E-state index is 10.1. The third kappa shape index (κ3) is 2.34. The Kier molecular flexibility index (Phi) is 3.89. The molecule has 28 heavy (non-hydrogen) atoms. The average molecular weight is 361 g/mol. The van der Waals surface area contributed by atoms with Gasteiger partial charge >= 0.3 is 0 Å². The molecule has 134 valence electrons. The predicted molar refractivity (Wildman–Crippen MR) is 108 cm³/mol. The van der Waals surface area contributed by atoms with E-state index in [1.54, 1.807) is 0 Å². The van der Waals surface area contributed by atoms with Gasteiger partial charge in [-0.25, -0.2) is 0 Å². The van der Waals surface area contributed by atoms with Crippen molar-refractivity contribution in [3.63, 3.8) is 0 Å². The summed E-state index contributed by atoms with van der Waals surface area (Å²) in [5.41, 5.74) is 5.88. The minimum absolute atomic E-state index is 0.125. The van der Waals surface area contributed by atoms with Crippen LogP contribution in [0.3, 0.4) is 0 Å². The Morgan fingerprint density at radius 2 is 1.29 bits per heavy atom. The van der Waals surface area contributed by atoms with E-state index in [9.17, 15) is 10.5 Å². The third-order valence-corrected chi connectivity index (χ3v) is 6.13. The van der Waals surface area contributed by atoms with Crippen LogP contribution < -0.4 is 4.90 Å². The minimum atomic E-state index is -0.392. The molecule has 4 atom stereocenters. The van der Waals surface area contributed by atoms with Gasteiger partial charge in [-0.2, -0.15) is 10.5 Å². The molecule has 3 heteroatoms. The Labute approximate surface area is 165 Å². The molecule has 3 aromatic rings. The SMILES string of the molecule is N#C[C@@H]1[C@@H](C#N)[C@@H]2c3ccccc3Cc3ccccc3N2[C@@H]1c1ccccc1. The quantitative estimate of drug-likeness (QED) is 0.600. The molecule has 2 aliphatic heterocycles. The molecule has 0 radical (unpaired) electrons. The lowest BCUT2D eigenvalue weighted by Crippen LogP contribution is -2.28. The molecule has 2 heterocycles. The van der Waals surface area contributed by atoms with Crippen LogP contribution in [0.25, 0.3) is 0 Å². The summed E-state index contributed by atoms with van der Waals surface area (Å²) in [4.78, 5) is 2.35. The predicted octanol–water partition coefficient (Wildman–Crippen LogP) is 5.17. The number of para-hydroxylation sites is 1. The molecule has 3 nitrogen and oxygen atoms in total. The Bertz CT molecular complexity index is 1110. The minimum Gasteiger partial charge on any atom is -0.354 e. The topological polar surface area (TPSA) is 50.8 Å². The zero-order valence-corrected chi connectivity index (χ0v) is 15.4. The number of hydrogen-bond donors (Lipinski definition) is 0. The average Bonchev–Trinajstić information content (AvgIpc) is 3.01. The van der Waals surface area contributed by atoms with Crippen molar-refractivity contribution in [2.75, 3.05) is 4.90 Å². The van der Waals surface area contributed by atoms with Gasteiger partial charge in [-0.15, -0.1) is 0 Å². The van der Waals surface area contributed by atoms with Crippen molar-refractivity contribution in [2.45, 2.75) is 18.5 Å². The van der Waals surface area contributed by atoms with Gasteiger partial charge in [0, 0.05) is 5.69 Å². The van der Waals surface area contributed by atoms with Crippen molar-refractivity contribution in [1.82, 2.24) is 0 Å². The number of anilines is 1. The number of nitriles is 2. The van der Waals surface area contributed by atoms with Crippen molar-refractivity contribution in [1.29, 1.82) is 10.5 Å². The summed E-state index contributed by atoms with van der Waals surface area (Å²) in [6.45, 7) is 0. The summed E-state index contributed by atoms with van der Waals surface area (Å²) in [6.07, 6.45) is 0.843. The molecule has 3 aromatic carbocycles. The van der Waals surface area contributed by atoms with E-state index < -0.39 is 5.92 Å². The number of rotatable bonds is 1. The molecule has 0 N–H and O–H groups in total. The van der Waals surface area contributed by atoms with Crippen LogP contribution in [0.5, 0.6) is 0 Å². The zero-order chi connectivity index (χ0) is 19.1. The van der Waals surface area contributed by atoms with E-state index in [2.05, 4.69) is 71.6 Å². The lowest BCUT2D eigenvalue weighted by atomic mass is 9.83. The summed E-state index contributed by atoms with van der Waals surface area (Å²) in [6, 6.07) is 31.7. The van der Waals surface area contributed by atoms with E-state index in [-0.39, 0.29) is 18.0 Å².